The molecule has 0 aromatic heterocycles. The molecule has 1 aliphatic carbocycles. The van der Waals surface area contributed by atoms with Gasteiger partial charge in [0.15, 0.2) is 0 Å². The maximum atomic E-state index is 11.2. The Morgan fingerprint density at radius 3 is 2.69 bits per heavy atom. The Labute approximate surface area is 78.4 Å². The first kappa shape index (κ1) is 10.1. The summed E-state index contributed by atoms with van der Waals surface area (Å²) >= 11 is 0. The number of ether oxygens (including phenoxy) is 1. The van der Waals surface area contributed by atoms with Crippen LogP contribution in [0.5, 0.6) is 0 Å². The zero-order valence-corrected chi connectivity index (χ0v) is 8.39. The third kappa shape index (κ3) is 2.23. The highest BCUT2D eigenvalue weighted by molar-refractivity contribution is 5.89. The van der Waals surface area contributed by atoms with Gasteiger partial charge >= 0.3 is 5.97 Å². The van der Waals surface area contributed by atoms with Crippen LogP contribution >= 0.6 is 0 Å². The second-order valence-electron chi connectivity index (χ2n) is 4.26. The van der Waals surface area contributed by atoms with Gasteiger partial charge in [-0.2, -0.15) is 0 Å². The molecule has 13 heavy (non-hydrogen) atoms. The van der Waals surface area contributed by atoms with Crippen LogP contribution in [-0.2, 0) is 9.53 Å². The topological polar surface area (TPSA) is 46.5 Å². The minimum atomic E-state index is -0.398. The number of carbonyl (C=O) groups excluding carboxylic acids is 1. The van der Waals surface area contributed by atoms with Crippen LogP contribution in [0.1, 0.15) is 33.1 Å². The Bertz CT molecular complexity index is 251. The lowest BCUT2D eigenvalue weighted by atomic mass is 9.76. The number of esters is 1. The largest absolute Gasteiger partial charge is 0.512 e. The van der Waals surface area contributed by atoms with Gasteiger partial charge in [-0.15, -0.1) is 0 Å². The first-order chi connectivity index (χ1) is 5.96. The number of allylic oxidation sites excluding steroid dienone is 1. The molecule has 1 aliphatic rings. The summed E-state index contributed by atoms with van der Waals surface area (Å²) in [4.78, 5) is 11.2. The summed E-state index contributed by atoms with van der Waals surface area (Å²) in [6, 6.07) is 0. The molecule has 74 valence electrons. The van der Waals surface area contributed by atoms with Gasteiger partial charge in [0.1, 0.15) is 5.76 Å². The lowest BCUT2D eigenvalue weighted by molar-refractivity contribution is -0.137. The molecule has 0 aromatic carbocycles. The highest BCUT2D eigenvalue weighted by Gasteiger charge is 2.30. The lowest BCUT2D eigenvalue weighted by Crippen LogP contribution is -2.23. The highest BCUT2D eigenvalue weighted by Crippen LogP contribution is 2.37. The van der Waals surface area contributed by atoms with Gasteiger partial charge in [0, 0.05) is 6.42 Å². The van der Waals surface area contributed by atoms with E-state index in [1.807, 2.05) is 0 Å². The molecule has 0 heterocycles. The number of methoxy groups -OCH3 is 1. The molecule has 0 saturated carbocycles. The van der Waals surface area contributed by atoms with Crippen molar-refractivity contribution in [1.82, 2.24) is 0 Å². The maximum absolute atomic E-state index is 11.2. The van der Waals surface area contributed by atoms with E-state index in [4.69, 9.17) is 0 Å². The van der Waals surface area contributed by atoms with Gasteiger partial charge in [0.25, 0.3) is 0 Å². The number of hydrogen-bond donors (Lipinski definition) is 1. The predicted octanol–water partition coefficient (Wildman–Crippen LogP) is 2.18. The smallest absolute Gasteiger partial charge is 0.337 e. The van der Waals surface area contributed by atoms with Crippen molar-refractivity contribution in [2.45, 2.75) is 33.1 Å². The van der Waals surface area contributed by atoms with Crippen molar-refractivity contribution in [3.8, 4) is 0 Å². The quantitative estimate of drug-likeness (QED) is 0.635. The Hall–Kier alpha value is -0.990. The zero-order chi connectivity index (χ0) is 10.1. The summed E-state index contributed by atoms with van der Waals surface area (Å²) in [7, 11) is 1.34. The number of carbonyl (C=O) groups is 1. The summed E-state index contributed by atoms with van der Waals surface area (Å²) in [6.07, 6.45) is 2.10. The van der Waals surface area contributed by atoms with Crippen LogP contribution < -0.4 is 0 Å². The van der Waals surface area contributed by atoms with Gasteiger partial charge in [0.05, 0.1) is 12.7 Å². The van der Waals surface area contributed by atoms with Gasteiger partial charge in [-0.05, 0) is 18.3 Å². The van der Waals surface area contributed by atoms with E-state index in [0.717, 1.165) is 6.42 Å². The number of aliphatic hydroxyl groups is 1. The van der Waals surface area contributed by atoms with E-state index in [-0.39, 0.29) is 11.2 Å². The molecule has 1 N–H and O–H groups in total. The van der Waals surface area contributed by atoms with Crippen LogP contribution in [0, 0.1) is 5.41 Å². The van der Waals surface area contributed by atoms with E-state index in [1.54, 1.807) is 0 Å². The average Bonchev–Trinajstić information content (AvgIpc) is 2.08. The Morgan fingerprint density at radius 1 is 1.54 bits per heavy atom. The molecule has 3 heteroatoms. The van der Waals surface area contributed by atoms with Crippen LogP contribution in [0.15, 0.2) is 11.3 Å². The van der Waals surface area contributed by atoms with Crippen molar-refractivity contribution in [1.29, 1.82) is 0 Å². The Morgan fingerprint density at radius 2 is 2.15 bits per heavy atom. The summed E-state index contributed by atoms with van der Waals surface area (Å²) in [5.74, 6) is -0.198. The van der Waals surface area contributed by atoms with Gasteiger partial charge in [-0.1, -0.05) is 13.8 Å². The van der Waals surface area contributed by atoms with Crippen LogP contribution in [0.3, 0.4) is 0 Å². The summed E-state index contributed by atoms with van der Waals surface area (Å²) < 4.78 is 4.60. The molecule has 0 saturated heterocycles. The molecule has 0 fully saturated rings. The SMILES string of the molecule is COC(=O)C1=C(O)CCC(C)(C)C1. The van der Waals surface area contributed by atoms with Crippen LogP contribution in [0.4, 0.5) is 0 Å². The fourth-order valence-electron chi connectivity index (χ4n) is 1.59. The number of hydrogen-bond acceptors (Lipinski definition) is 3. The second-order valence-corrected chi connectivity index (χ2v) is 4.26. The van der Waals surface area contributed by atoms with E-state index in [0.29, 0.717) is 18.4 Å². The van der Waals surface area contributed by atoms with Crippen molar-refractivity contribution in [2.75, 3.05) is 7.11 Å². The van der Waals surface area contributed by atoms with Crippen molar-refractivity contribution in [3.63, 3.8) is 0 Å². The van der Waals surface area contributed by atoms with Crippen LogP contribution in [0.25, 0.3) is 0 Å². The molecule has 3 nitrogen and oxygen atoms in total. The Kier molecular flexibility index (Phi) is 2.64. The van der Waals surface area contributed by atoms with E-state index < -0.39 is 5.97 Å². The second kappa shape index (κ2) is 3.40. The fourth-order valence-corrected chi connectivity index (χ4v) is 1.59. The Balaban J connectivity index is 2.86. The van der Waals surface area contributed by atoms with Gasteiger partial charge in [0.2, 0.25) is 0 Å². The average molecular weight is 184 g/mol. The number of rotatable bonds is 1. The number of aliphatic hydroxyl groups excluding tert-OH is 1. The molecule has 0 bridgehead atoms. The maximum Gasteiger partial charge on any atom is 0.337 e. The van der Waals surface area contributed by atoms with Crippen molar-refractivity contribution in [3.05, 3.63) is 11.3 Å². The molecule has 0 atom stereocenters. The van der Waals surface area contributed by atoms with Gasteiger partial charge < -0.3 is 9.84 Å². The molecule has 0 radical (unpaired) electrons. The molecule has 0 spiro atoms. The molecule has 0 aromatic rings. The minimum absolute atomic E-state index is 0.0930. The monoisotopic (exact) mass is 184 g/mol. The molecule has 1 rings (SSSR count). The summed E-state index contributed by atoms with van der Waals surface area (Å²) in [6.45, 7) is 4.17. The molecule has 0 unspecified atom stereocenters. The predicted molar refractivity (Wildman–Crippen MR) is 49.3 cm³/mol. The van der Waals surface area contributed by atoms with Crippen LogP contribution in [0.2, 0.25) is 0 Å². The minimum Gasteiger partial charge on any atom is -0.512 e. The van der Waals surface area contributed by atoms with Gasteiger partial charge in [-0.3, -0.25) is 0 Å². The molecular formula is C10H16O3. The van der Waals surface area contributed by atoms with Crippen molar-refractivity contribution < 1.29 is 14.6 Å². The first-order valence-corrected chi connectivity index (χ1v) is 4.45. The highest BCUT2D eigenvalue weighted by atomic mass is 16.5. The third-order valence-electron chi connectivity index (χ3n) is 2.47. The summed E-state index contributed by atoms with van der Waals surface area (Å²) in [5.41, 5.74) is 0.536. The van der Waals surface area contributed by atoms with E-state index >= 15 is 0 Å². The van der Waals surface area contributed by atoms with E-state index in [2.05, 4.69) is 18.6 Å². The van der Waals surface area contributed by atoms with E-state index in [1.165, 1.54) is 7.11 Å². The normalized spacial score (nSPS) is 21.5. The lowest BCUT2D eigenvalue weighted by Gasteiger charge is -2.29. The first-order valence-electron chi connectivity index (χ1n) is 4.45. The third-order valence-corrected chi connectivity index (χ3v) is 2.47. The van der Waals surface area contributed by atoms with E-state index in [9.17, 15) is 9.90 Å². The van der Waals surface area contributed by atoms with Gasteiger partial charge in [-0.25, -0.2) is 4.79 Å². The molecule has 0 amide bonds. The van der Waals surface area contributed by atoms with Crippen molar-refractivity contribution in [2.24, 2.45) is 5.41 Å². The standard InChI is InChI=1S/C10H16O3/c1-10(2)5-4-8(11)7(6-10)9(12)13-3/h11H,4-6H2,1-3H3. The van der Waals surface area contributed by atoms with Crippen LogP contribution in [-0.4, -0.2) is 18.2 Å². The summed E-state index contributed by atoms with van der Waals surface area (Å²) in [5, 5.41) is 9.48. The fraction of sp³-hybridized carbons (Fsp3) is 0.700. The zero-order valence-electron chi connectivity index (χ0n) is 8.39. The van der Waals surface area contributed by atoms with Crippen molar-refractivity contribution >= 4 is 5.97 Å². The molecule has 0 aliphatic heterocycles. The molecular weight excluding hydrogens is 168 g/mol.